The van der Waals surface area contributed by atoms with Crippen LogP contribution < -0.4 is 10.1 Å². The first-order chi connectivity index (χ1) is 9.29. The van der Waals surface area contributed by atoms with Gasteiger partial charge < -0.3 is 10.1 Å². The van der Waals surface area contributed by atoms with E-state index in [-0.39, 0.29) is 0 Å². The van der Waals surface area contributed by atoms with Gasteiger partial charge in [-0.05, 0) is 68.3 Å². The number of halogens is 1. The van der Waals surface area contributed by atoms with Crippen molar-refractivity contribution < 1.29 is 4.74 Å². The highest BCUT2D eigenvalue weighted by Gasteiger charge is 2.18. The predicted octanol–water partition coefficient (Wildman–Crippen LogP) is 3.81. The zero-order chi connectivity index (χ0) is 13.1. The molecule has 104 valence electrons. The van der Waals surface area contributed by atoms with Crippen molar-refractivity contribution in [2.24, 2.45) is 5.92 Å². The van der Waals surface area contributed by atoms with Gasteiger partial charge in [-0.15, -0.1) is 0 Å². The molecule has 1 aromatic rings. The Morgan fingerprint density at radius 2 is 2.05 bits per heavy atom. The van der Waals surface area contributed by atoms with Gasteiger partial charge in [-0.3, -0.25) is 0 Å². The van der Waals surface area contributed by atoms with E-state index < -0.39 is 0 Å². The molecule has 1 heterocycles. The maximum atomic E-state index is 6.20. The third-order valence-electron chi connectivity index (χ3n) is 4.29. The smallest absolute Gasteiger partial charge is 0.121 e. The van der Waals surface area contributed by atoms with E-state index in [1.165, 1.54) is 37.7 Å². The minimum absolute atomic E-state index is 0.609. The van der Waals surface area contributed by atoms with Crippen LogP contribution in [0.3, 0.4) is 0 Å². The van der Waals surface area contributed by atoms with E-state index >= 15 is 0 Å². The lowest BCUT2D eigenvalue weighted by Gasteiger charge is -2.25. The highest BCUT2D eigenvalue weighted by atomic mass is 35.5. The van der Waals surface area contributed by atoms with Crippen molar-refractivity contribution in [3.63, 3.8) is 0 Å². The first kappa shape index (κ1) is 13.3. The second-order valence-electron chi connectivity index (χ2n) is 5.90. The number of hydrogen-bond donors (Lipinski definition) is 1. The fourth-order valence-electron chi connectivity index (χ4n) is 2.91. The van der Waals surface area contributed by atoms with Crippen molar-refractivity contribution in [3.8, 4) is 5.75 Å². The summed E-state index contributed by atoms with van der Waals surface area (Å²) >= 11 is 6.20. The van der Waals surface area contributed by atoms with Gasteiger partial charge in [-0.25, -0.2) is 0 Å². The normalized spacial score (nSPS) is 23.3. The van der Waals surface area contributed by atoms with Crippen molar-refractivity contribution in [1.29, 1.82) is 0 Å². The van der Waals surface area contributed by atoms with Crippen molar-refractivity contribution >= 4 is 11.6 Å². The monoisotopic (exact) mass is 279 g/mol. The van der Waals surface area contributed by atoms with Gasteiger partial charge in [-0.2, -0.15) is 0 Å². The van der Waals surface area contributed by atoms with Crippen molar-refractivity contribution in [1.82, 2.24) is 5.32 Å². The first-order valence-electron chi connectivity index (χ1n) is 7.45. The van der Waals surface area contributed by atoms with Crippen LogP contribution in [0.2, 0.25) is 5.02 Å². The molecule has 2 fully saturated rings. The van der Waals surface area contributed by atoms with Crippen molar-refractivity contribution in [2.75, 3.05) is 13.2 Å². The Morgan fingerprint density at radius 1 is 1.16 bits per heavy atom. The van der Waals surface area contributed by atoms with Crippen molar-refractivity contribution in [2.45, 2.75) is 44.6 Å². The van der Waals surface area contributed by atoms with Gasteiger partial charge >= 0.3 is 0 Å². The first-order valence-corrected chi connectivity index (χ1v) is 7.83. The van der Waals surface area contributed by atoms with Gasteiger partial charge in [0, 0.05) is 11.1 Å². The van der Waals surface area contributed by atoms with Crippen LogP contribution in [-0.2, 0) is 6.42 Å². The van der Waals surface area contributed by atoms with Crippen LogP contribution in [0.5, 0.6) is 5.75 Å². The molecule has 0 aromatic heterocycles. The average Bonchev–Trinajstić information content (AvgIpc) is 2.79. The molecule has 1 aliphatic carbocycles. The zero-order valence-corrected chi connectivity index (χ0v) is 12.1. The molecule has 1 aliphatic heterocycles. The largest absolute Gasteiger partial charge is 0.493 e. The van der Waals surface area contributed by atoms with Crippen LogP contribution in [-0.4, -0.2) is 19.2 Å². The molecule has 1 atom stereocenters. The molecule has 3 rings (SSSR count). The third-order valence-corrected chi connectivity index (χ3v) is 4.50. The summed E-state index contributed by atoms with van der Waals surface area (Å²) in [4.78, 5) is 0. The lowest BCUT2D eigenvalue weighted by molar-refractivity contribution is 0.180. The highest BCUT2D eigenvalue weighted by Crippen LogP contribution is 2.28. The van der Waals surface area contributed by atoms with E-state index in [0.717, 1.165) is 36.3 Å². The number of hydrogen-bond acceptors (Lipinski definition) is 2. The summed E-state index contributed by atoms with van der Waals surface area (Å²) in [6.07, 6.45) is 7.61. The topological polar surface area (TPSA) is 21.3 Å². The molecule has 0 radical (unpaired) electrons. The lowest BCUT2D eigenvalue weighted by atomic mass is 9.86. The van der Waals surface area contributed by atoms with Gasteiger partial charge in [0.2, 0.25) is 0 Å². The Morgan fingerprint density at radius 3 is 2.74 bits per heavy atom. The maximum absolute atomic E-state index is 6.20. The minimum Gasteiger partial charge on any atom is -0.493 e. The molecule has 1 unspecified atom stereocenters. The molecule has 0 spiro atoms. The van der Waals surface area contributed by atoms with Crippen LogP contribution in [0.15, 0.2) is 18.2 Å². The van der Waals surface area contributed by atoms with Crippen molar-refractivity contribution in [3.05, 3.63) is 28.8 Å². The Hall–Kier alpha value is -0.730. The predicted molar refractivity (Wildman–Crippen MR) is 79.0 cm³/mol. The molecule has 2 aliphatic rings. The quantitative estimate of drug-likeness (QED) is 0.885. The molecule has 19 heavy (non-hydrogen) atoms. The van der Waals surface area contributed by atoms with E-state index in [2.05, 4.69) is 17.4 Å². The fourth-order valence-corrected chi connectivity index (χ4v) is 3.16. The molecule has 1 aromatic carbocycles. The zero-order valence-electron chi connectivity index (χ0n) is 11.3. The highest BCUT2D eigenvalue weighted by molar-refractivity contribution is 6.30. The summed E-state index contributed by atoms with van der Waals surface area (Å²) < 4.78 is 5.89. The molecular weight excluding hydrogens is 258 g/mol. The molecule has 1 N–H and O–H groups in total. The fraction of sp³-hybridized carbons (Fsp3) is 0.625. The molecule has 1 saturated carbocycles. The van der Waals surface area contributed by atoms with E-state index in [0.29, 0.717) is 6.04 Å². The third kappa shape index (κ3) is 3.64. The summed E-state index contributed by atoms with van der Waals surface area (Å²) in [6, 6.07) is 6.77. The molecule has 3 heteroatoms. The van der Waals surface area contributed by atoms with Gasteiger partial charge in [0.05, 0.1) is 6.61 Å². The SMILES string of the molecule is Clc1cc(CC2CCCN2)cc(OCC2CCC2)c1. The minimum atomic E-state index is 0.609. The Bertz CT molecular complexity index is 425. The van der Waals surface area contributed by atoms with E-state index in [1.807, 2.05) is 6.07 Å². The second-order valence-corrected chi connectivity index (χ2v) is 6.34. The Kier molecular flexibility index (Phi) is 4.29. The Labute approximate surface area is 120 Å². The van der Waals surface area contributed by atoms with E-state index in [4.69, 9.17) is 16.3 Å². The Balaban J connectivity index is 1.60. The summed E-state index contributed by atoms with van der Waals surface area (Å²) in [5.41, 5.74) is 1.29. The van der Waals surface area contributed by atoms with Crippen LogP contribution >= 0.6 is 11.6 Å². The summed E-state index contributed by atoms with van der Waals surface area (Å²) in [6.45, 7) is 2.00. The molecule has 2 nitrogen and oxygen atoms in total. The maximum Gasteiger partial charge on any atom is 0.121 e. The summed E-state index contributed by atoms with van der Waals surface area (Å²) in [7, 11) is 0. The van der Waals surface area contributed by atoms with Gasteiger partial charge in [0.1, 0.15) is 5.75 Å². The van der Waals surface area contributed by atoms with Crippen LogP contribution in [0, 0.1) is 5.92 Å². The van der Waals surface area contributed by atoms with Crippen LogP contribution in [0.25, 0.3) is 0 Å². The molecular formula is C16H22ClNO. The number of benzene rings is 1. The van der Waals surface area contributed by atoms with Crippen LogP contribution in [0.1, 0.15) is 37.7 Å². The molecule has 0 bridgehead atoms. The number of ether oxygens (including phenoxy) is 1. The second kappa shape index (κ2) is 6.15. The molecule has 1 saturated heterocycles. The average molecular weight is 280 g/mol. The van der Waals surface area contributed by atoms with E-state index in [1.54, 1.807) is 0 Å². The number of rotatable bonds is 5. The van der Waals surface area contributed by atoms with E-state index in [9.17, 15) is 0 Å². The van der Waals surface area contributed by atoms with Gasteiger partial charge in [0.15, 0.2) is 0 Å². The molecule has 0 amide bonds. The standard InChI is InChI=1S/C16H22ClNO/c17-14-7-13(8-15-5-2-6-18-15)9-16(10-14)19-11-12-3-1-4-12/h7,9-10,12,15,18H,1-6,8,11H2. The van der Waals surface area contributed by atoms with Gasteiger partial charge in [-0.1, -0.05) is 18.0 Å². The summed E-state index contributed by atoms with van der Waals surface area (Å²) in [5.74, 6) is 1.70. The summed E-state index contributed by atoms with van der Waals surface area (Å²) in [5, 5.41) is 4.32. The van der Waals surface area contributed by atoms with Gasteiger partial charge in [0.25, 0.3) is 0 Å². The van der Waals surface area contributed by atoms with Crippen LogP contribution in [0.4, 0.5) is 0 Å². The number of nitrogens with one attached hydrogen (secondary N) is 1. The lowest BCUT2D eigenvalue weighted by Crippen LogP contribution is -2.23.